The van der Waals surface area contributed by atoms with Crippen LogP contribution in [0.25, 0.3) is 0 Å². The highest BCUT2D eigenvalue weighted by Crippen LogP contribution is 2.28. The Morgan fingerprint density at radius 2 is 1.57 bits per heavy atom. The van der Waals surface area contributed by atoms with Crippen LogP contribution in [-0.2, 0) is 6.54 Å². The second kappa shape index (κ2) is 9.06. The molecule has 0 saturated heterocycles. The van der Waals surface area contributed by atoms with Crippen molar-refractivity contribution in [2.45, 2.75) is 6.54 Å². The van der Waals surface area contributed by atoms with Crippen LogP contribution in [0.5, 0.6) is 5.75 Å². The predicted molar refractivity (Wildman–Crippen MR) is 110 cm³/mol. The minimum absolute atomic E-state index is 0.143. The van der Waals surface area contributed by atoms with Gasteiger partial charge in [-0.25, -0.2) is 0 Å². The SMILES string of the molecule is COc1ccc(Cl)cc1NC(=O)c1ccc(CNC(=O)c2ccccc2)cc1. The van der Waals surface area contributed by atoms with Crippen molar-refractivity contribution in [1.82, 2.24) is 5.32 Å². The van der Waals surface area contributed by atoms with Crippen molar-refractivity contribution in [3.63, 3.8) is 0 Å². The minimum Gasteiger partial charge on any atom is -0.495 e. The first-order chi connectivity index (χ1) is 13.6. The van der Waals surface area contributed by atoms with E-state index in [1.807, 2.05) is 18.2 Å². The number of hydrogen-bond donors (Lipinski definition) is 2. The monoisotopic (exact) mass is 394 g/mol. The summed E-state index contributed by atoms with van der Waals surface area (Å²) in [5, 5.41) is 6.15. The van der Waals surface area contributed by atoms with E-state index in [1.165, 1.54) is 7.11 Å². The van der Waals surface area contributed by atoms with Crippen LogP contribution in [0.15, 0.2) is 72.8 Å². The first-order valence-corrected chi connectivity index (χ1v) is 9.01. The quantitative estimate of drug-likeness (QED) is 0.645. The summed E-state index contributed by atoms with van der Waals surface area (Å²) >= 11 is 5.99. The molecule has 0 heterocycles. The van der Waals surface area contributed by atoms with Gasteiger partial charge in [0.1, 0.15) is 5.75 Å². The summed E-state index contributed by atoms with van der Waals surface area (Å²) in [6, 6.07) is 21.0. The molecule has 0 spiro atoms. The molecule has 142 valence electrons. The molecule has 0 atom stereocenters. The number of anilines is 1. The van der Waals surface area contributed by atoms with Gasteiger partial charge in [-0.05, 0) is 48.0 Å². The van der Waals surface area contributed by atoms with Crippen molar-refractivity contribution >= 4 is 29.1 Å². The molecule has 0 bridgehead atoms. The number of nitrogens with one attached hydrogen (secondary N) is 2. The van der Waals surface area contributed by atoms with Crippen molar-refractivity contribution in [3.05, 3.63) is 94.5 Å². The smallest absolute Gasteiger partial charge is 0.255 e. The number of rotatable bonds is 6. The highest BCUT2D eigenvalue weighted by Gasteiger charge is 2.11. The maximum absolute atomic E-state index is 12.5. The summed E-state index contributed by atoms with van der Waals surface area (Å²) in [4.78, 5) is 24.6. The zero-order valence-electron chi connectivity index (χ0n) is 15.2. The zero-order chi connectivity index (χ0) is 19.9. The van der Waals surface area contributed by atoms with Crippen molar-refractivity contribution in [2.75, 3.05) is 12.4 Å². The Morgan fingerprint density at radius 3 is 2.25 bits per heavy atom. The summed E-state index contributed by atoms with van der Waals surface area (Å²) in [6.45, 7) is 0.373. The van der Waals surface area contributed by atoms with Crippen LogP contribution in [0.1, 0.15) is 26.3 Å². The highest BCUT2D eigenvalue weighted by molar-refractivity contribution is 6.31. The molecule has 0 aromatic heterocycles. The van der Waals surface area contributed by atoms with Crippen LogP contribution in [-0.4, -0.2) is 18.9 Å². The lowest BCUT2D eigenvalue weighted by Gasteiger charge is -2.11. The maximum Gasteiger partial charge on any atom is 0.255 e. The minimum atomic E-state index is -0.277. The van der Waals surface area contributed by atoms with Gasteiger partial charge >= 0.3 is 0 Å². The molecule has 5 nitrogen and oxygen atoms in total. The topological polar surface area (TPSA) is 67.4 Å². The fourth-order valence-corrected chi connectivity index (χ4v) is 2.79. The van der Waals surface area contributed by atoms with Crippen LogP contribution in [0.4, 0.5) is 5.69 Å². The number of benzene rings is 3. The van der Waals surface area contributed by atoms with Crippen LogP contribution < -0.4 is 15.4 Å². The average Bonchev–Trinajstić information content (AvgIpc) is 2.73. The molecular weight excluding hydrogens is 376 g/mol. The van der Waals surface area contributed by atoms with E-state index in [2.05, 4.69) is 10.6 Å². The number of amides is 2. The Morgan fingerprint density at radius 1 is 0.893 bits per heavy atom. The maximum atomic E-state index is 12.5. The van der Waals surface area contributed by atoms with Gasteiger partial charge in [0.15, 0.2) is 0 Å². The Bertz CT molecular complexity index is 973. The number of carbonyl (C=O) groups is 2. The van der Waals surface area contributed by atoms with Gasteiger partial charge < -0.3 is 15.4 Å². The summed E-state index contributed by atoms with van der Waals surface area (Å²) in [5.74, 6) is 0.105. The van der Waals surface area contributed by atoms with Crippen LogP contribution in [0.3, 0.4) is 0 Å². The van der Waals surface area contributed by atoms with Gasteiger partial charge in [-0.1, -0.05) is 41.9 Å². The van der Waals surface area contributed by atoms with Gasteiger partial charge in [0.2, 0.25) is 0 Å². The molecule has 6 heteroatoms. The number of halogens is 1. The molecule has 0 fully saturated rings. The lowest BCUT2D eigenvalue weighted by atomic mass is 10.1. The first kappa shape index (κ1) is 19.5. The van der Waals surface area contributed by atoms with E-state index in [0.29, 0.717) is 34.1 Å². The molecule has 2 amide bonds. The number of hydrogen-bond acceptors (Lipinski definition) is 3. The average molecular weight is 395 g/mol. The largest absolute Gasteiger partial charge is 0.495 e. The van der Waals surface area contributed by atoms with Crippen LogP contribution >= 0.6 is 11.6 Å². The summed E-state index contributed by atoms with van der Waals surface area (Å²) in [6.07, 6.45) is 0. The fraction of sp³-hybridized carbons (Fsp3) is 0.0909. The molecular formula is C22H19ClN2O3. The van der Waals surface area contributed by atoms with Crippen molar-refractivity contribution in [2.24, 2.45) is 0 Å². The lowest BCUT2D eigenvalue weighted by Crippen LogP contribution is -2.22. The molecule has 3 aromatic carbocycles. The Hall–Kier alpha value is -3.31. The Kier molecular flexibility index (Phi) is 6.29. The molecule has 0 aliphatic carbocycles. The normalized spacial score (nSPS) is 10.2. The third kappa shape index (κ3) is 4.90. The molecule has 2 N–H and O–H groups in total. The molecule has 0 saturated carbocycles. The van der Waals surface area contributed by atoms with E-state index in [9.17, 15) is 9.59 Å². The lowest BCUT2D eigenvalue weighted by molar-refractivity contribution is 0.0950. The molecule has 0 aliphatic heterocycles. The van der Waals surface area contributed by atoms with E-state index in [4.69, 9.17) is 16.3 Å². The third-order valence-electron chi connectivity index (χ3n) is 4.11. The van der Waals surface area contributed by atoms with E-state index >= 15 is 0 Å². The molecule has 3 aromatic rings. The second-order valence-electron chi connectivity index (χ2n) is 6.04. The first-order valence-electron chi connectivity index (χ1n) is 8.64. The van der Waals surface area contributed by atoms with E-state index in [-0.39, 0.29) is 11.8 Å². The number of carbonyl (C=O) groups excluding carboxylic acids is 2. The number of ether oxygens (including phenoxy) is 1. The molecule has 0 unspecified atom stereocenters. The summed E-state index contributed by atoms with van der Waals surface area (Å²) in [5.41, 5.74) is 2.48. The Balaban J connectivity index is 1.62. The predicted octanol–water partition coefficient (Wildman–Crippen LogP) is 4.53. The van der Waals surface area contributed by atoms with E-state index in [0.717, 1.165) is 5.56 Å². The van der Waals surface area contributed by atoms with Gasteiger partial charge in [0, 0.05) is 22.7 Å². The summed E-state index contributed by atoms with van der Waals surface area (Å²) < 4.78 is 5.23. The van der Waals surface area contributed by atoms with Gasteiger partial charge in [-0.2, -0.15) is 0 Å². The van der Waals surface area contributed by atoms with E-state index in [1.54, 1.807) is 54.6 Å². The van der Waals surface area contributed by atoms with Crippen molar-refractivity contribution in [1.29, 1.82) is 0 Å². The van der Waals surface area contributed by atoms with Gasteiger partial charge in [-0.15, -0.1) is 0 Å². The fourth-order valence-electron chi connectivity index (χ4n) is 2.62. The van der Waals surface area contributed by atoms with Crippen molar-refractivity contribution < 1.29 is 14.3 Å². The van der Waals surface area contributed by atoms with E-state index < -0.39 is 0 Å². The molecule has 3 rings (SSSR count). The van der Waals surface area contributed by atoms with Crippen LogP contribution in [0.2, 0.25) is 5.02 Å². The Labute approximate surface area is 168 Å². The molecule has 0 radical (unpaired) electrons. The second-order valence-corrected chi connectivity index (χ2v) is 6.48. The van der Waals surface area contributed by atoms with Gasteiger partial charge in [0.05, 0.1) is 12.8 Å². The summed E-state index contributed by atoms with van der Waals surface area (Å²) in [7, 11) is 1.53. The standard InChI is InChI=1S/C22H19ClN2O3/c1-28-20-12-11-18(23)13-19(20)25-22(27)17-9-7-15(8-10-17)14-24-21(26)16-5-3-2-4-6-16/h2-13H,14H2,1H3,(H,24,26)(H,25,27). The molecule has 28 heavy (non-hydrogen) atoms. The van der Waals surface area contributed by atoms with Gasteiger partial charge in [-0.3, -0.25) is 9.59 Å². The van der Waals surface area contributed by atoms with Crippen LogP contribution in [0, 0.1) is 0 Å². The molecule has 0 aliphatic rings. The van der Waals surface area contributed by atoms with Crippen molar-refractivity contribution in [3.8, 4) is 5.75 Å². The van der Waals surface area contributed by atoms with Gasteiger partial charge in [0.25, 0.3) is 11.8 Å². The zero-order valence-corrected chi connectivity index (χ0v) is 16.0. The third-order valence-corrected chi connectivity index (χ3v) is 4.35. The highest BCUT2D eigenvalue weighted by atomic mass is 35.5. The number of methoxy groups -OCH3 is 1.